The van der Waals surface area contributed by atoms with Crippen molar-refractivity contribution < 1.29 is 13.2 Å². The molecule has 1 aliphatic heterocycles. The van der Waals surface area contributed by atoms with Crippen molar-refractivity contribution in [1.82, 2.24) is 8.87 Å². The van der Waals surface area contributed by atoms with Crippen LogP contribution in [0, 0.1) is 0 Å². The Bertz CT molecular complexity index is 1060. The summed E-state index contributed by atoms with van der Waals surface area (Å²) in [6, 6.07) is 13.5. The van der Waals surface area contributed by atoms with E-state index in [1.807, 2.05) is 12.1 Å². The lowest BCUT2D eigenvalue weighted by molar-refractivity contribution is 0.239. The lowest BCUT2D eigenvalue weighted by atomic mass is 10.2. The number of rotatable bonds is 6. The van der Waals surface area contributed by atoms with Gasteiger partial charge in [-0.15, -0.1) is 0 Å². The van der Waals surface area contributed by atoms with Crippen molar-refractivity contribution in [3.05, 3.63) is 59.8 Å². The van der Waals surface area contributed by atoms with Crippen molar-refractivity contribution >= 4 is 32.5 Å². The van der Waals surface area contributed by atoms with Crippen LogP contribution in [0.2, 0.25) is 5.02 Å². The molecule has 1 aliphatic rings. The van der Waals surface area contributed by atoms with Crippen LogP contribution in [0.5, 0.6) is 5.75 Å². The molecule has 0 amide bonds. The number of benzene rings is 2. The van der Waals surface area contributed by atoms with E-state index in [0.717, 1.165) is 25.0 Å². The first-order chi connectivity index (χ1) is 13.1. The minimum Gasteiger partial charge on any atom is -0.492 e. The predicted molar refractivity (Wildman–Crippen MR) is 107 cm³/mol. The minimum absolute atomic E-state index is 0.160. The van der Waals surface area contributed by atoms with E-state index >= 15 is 0 Å². The molecule has 2 heterocycles. The molecular weight excluding hydrogens is 384 g/mol. The number of aromatic nitrogens is 1. The normalized spacial score (nSPS) is 15.4. The number of ether oxygens (including phenoxy) is 1. The fraction of sp³-hybridized carbons (Fsp3) is 0.300. The topological polar surface area (TPSA) is 51.5 Å². The Kier molecular flexibility index (Phi) is 5.12. The van der Waals surface area contributed by atoms with Gasteiger partial charge in [0.25, 0.3) is 10.0 Å². The Morgan fingerprint density at radius 3 is 2.59 bits per heavy atom. The monoisotopic (exact) mass is 404 g/mol. The van der Waals surface area contributed by atoms with Crippen LogP contribution >= 0.6 is 11.6 Å². The Balaban J connectivity index is 1.62. The molecule has 7 heteroatoms. The average molecular weight is 405 g/mol. The number of likely N-dealkylation sites (tertiary alicyclic amines) is 1. The summed E-state index contributed by atoms with van der Waals surface area (Å²) in [5.41, 5.74) is 0.591. The van der Waals surface area contributed by atoms with Gasteiger partial charge in [-0.3, -0.25) is 4.90 Å². The van der Waals surface area contributed by atoms with Crippen LogP contribution in [-0.2, 0) is 10.0 Å². The second kappa shape index (κ2) is 7.54. The number of nitrogens with zero attached hydrogens (tertiary/aromatic N) is 2. The van der Waals surface area contributed by atoms with Gasteiger partial charge >= 0.3 is 0 Å². The van der Waals surface area contributed by atoms with Gasteiger partial charge < -0.3 is 4.74 Å². The Morgan fingerprint density at radius 1 is 1.04 bits per heavy atom. The zero-order valence-corrected chi connectivity index (χ0v) is 16.4. The van der Waals surface area contributed by atoms with Crippen LogP contribution in [-0.4, -0.2) is 43.5 Å². The fourth-order valence-corrected chi connectivity index (χ4v) is 5.13. The van der Waals surface area contributed by atoms with Gasteiger partial charge in [-0.05, 0) is 62.3 Å². The summed E-state index contributed by atoms with van der Waals surface area (Å²) in [7, 11) is -3.73. The molecule has 0 spiro atoms. The zero-order chi connectivity index (χ0) is 18.9. The van der Waals surface area contributed by atoms with Crippen LogP contribution < -0.4 is 4.74 Å². The van der Waals surface area contributed by atoms with E-state index in [1.54, 1.807) is 36.5 Å². The zero-order valence-electron chi connectivity index (χ0n) is 14.8. The molecule has 3 aromatic rings. The summed E-state index contributed by atoms with van der Waals surface area (Å²) >= 11 is 5.97. The molecule has 0 saturated carbocycles. The Labute approximate surface area is 164 Å². The highest BCUT2D eigenvalue weighted by Crippen LogP contribution is 2.30. The van der Waals surface area contributed by atoms with Gasteiger partial charge in [-0.25, -0.2) is 12.4 Å². The fourth-order valence-electron chi connectivity index (χ4n) is 3.48. The van der Waals surface area contributed by atoms with Gasteiger partial charge in [0, 0.05) is 23.2 Å². The third-order valence-corrected chi connectivity index (χ3v) is 6.79. The molecule has 0 unspecified atom stereocenters. The van der Waals surface area contributed by atoms with Crippen LogP contribution in [0.3, 0.4) is 0 Å². The van der Waals surface area contributed by atoms with E-state index in [4.69, 9.17) is 16.3 Å². The van der Waals surface area contributed by atoms with E-state index in [1.165, 1.54) is 22.9 Å². The number of hydrogen-bond donors (Lipinski definition) is 0. The maximum Gasteiger partial charge on any atom is 0.268 e. The van der Waals surface area contributed by atoms with Crippen molar-refractivity contribution in [3.63, 3.8) is 0 Å². The smallest absolute Gasteiger partial charge is 0.268 e. The molecule has 0 N–H and O–H groups in total. The van der Waals surface area contributed by atoms with Crippen molar-refractivity contribution in [2.75, 3.05) is 26.2 Å². The molecule has 0 aliphatic carbocycles. The van der Waals surface area contributed by atoms with E-state index in [-0.39, 0.29) is 4.90 Å². The van der Waals surface area contributed by atoms with Crippen molar-refractivity contribution in [2.45, 2.75) is 17.7 Å². The van der Waals surface area contributed by atoms with Gasteiger partial charge in [-0.2, -0.15) is 0 Å². The maximum atomic E-state index is 13.0. The van der Waals surface area contributed by atoms with Gasteiger partial charge in [0.1, 0.15) is 12.4 Å². The maximum absolute atomic E-state index is 13.0. The lowest BCUT2D eigenvalue weighted by Gasteiger charge is -2.15. The summed E-state index contributed by atoms with van der Waals surface area (Å²) in [5.74, 6) is 0.701. The molecule has 5 nitrogen and oxygen atoms in total. The first-order valence-electron chi connectivity index (χ1n) is 9.02. The number of hydrogen-bond acceptors (Lipinski definition) is 4. The summed E-state index contributed by atoms with van der Waals surface area (Å²) in [4.78, 5) is 2.54. The van der Waals surface area contributed by atoms with Gasteiger partial charge in [-0.1, -0.05) is 23.7 Å². The molecule has 0 radical (unpaired) electrons. The van der Waals surface area contributed by atoms with Gasteiger partial charge in [0.15, 0.2) is 0 Å². The molecule has 2 aromatic carbocycles. The highest BCUT2D eigenvalue weighted by atomic mass is 35.5. The molecule has 1 fully saturated rings. The van der Waals surface area contributed by atoms with Crippen molar-refractivity contribution in [1.29, 1.82) is 0 Å². The average Bonchev–Trinajstić information content (AvgIpc) is 3.32. The van der Waals surface area contributed by atoms with E-state index in [9.17, 15) is 8.42 Å². The molecule has 0 bridgehead atoms. The van der Waals surface area contributed by atoms with Crippen LogP contribution in [0.1, 0.15) is 12.8 Å². The highest BCUT2D eigenvalue weighted by molar-refractivity contribution is 7.90. The molecule has 27 heavy (non-hydrogen) atoms. The van der Waals surface area contributed by atoms with Gasteiger partial charge in [0.05, 0.1) is 10.4 Å². The minimum atomic E-state index is -3.73. The van der Waals surface area contributed by atoms with Crippen molar-refractivity contribution in [2.24, 2.45) is 0 Å². The largest absolute Gasteiger partial charge is 0.492 e. The standard InChI is InChI=1S/C20H21ClN2O3S/c21-16-5-3-6-17(15-16)27(24,25)23-12-9-18-19(23)7-4-8-20(18)26-14-13-22-10-1-2-11-22/h3-9,12,15H,1-2,10-11,13-14H2. The second-order valence-electron chi connectivity index (χ2n) is 6.66. The third kappa shape index (κ3) is 3.70. The van der Waals surface area contributed by atoms with Gasteiger partial charge in [0.2, 0.25) is 0 Å². The van der Waals surface area contributed by atoms with Crippen LogP contribution in [0.25, 0.3) is 10.9 Å². The summed E-state index contributed by atoms with van der Waals surface area (Å²) in [6.45, 7) is 3.73. The first-order valence-corrected chi connectivity index (χ1v) is 10.8. The molecule has 142 valence electrons. The van der Waals surface area contributed by atoms with Crippen molar-refractivity contribution in [3.8, 4) is 5.75 Å². The van der Waals surface area contributed by atoms with E-state index < -0.39 is 10.0 Å². The summed E-state index contributed by atoms with van der Waals surface area (Å²) in [5, 5.41) is 1.17. The Hall–Kier alpha value is -2.02. The van der Waals surface area contributed by atoms with Crippen LogP contribution in [0.15, 0.2) is 59.6 Å². The molecule has 1 saturated heterocycles. The first kappa shape index (κ1) is 18.3. The summed E-state index contributed by atoms with van der Waals surface area (Å²) < 4.78 is 33.3. The highest BCUT2D eigenvalue weighted by Gasteiger charge is 2.20. The third-order valence-electron chi connectivity index (χ3n) is 4.87. The lowest BCUT2D eigenvalue weighted by Crippen LogP contribution is -2.25. The molecule has 4 rings (SSSR count). The Morgan fingerprint density at radius 2 is 1.81 bits per heavy atom. The summed E-state index contributed by atoms with van der Waals surface area (Å²) in [6.07, 6.45) is 4.06. The molecule has 1 aromatic heterocycles. The van der Waals surface area contributed by atoms with Crippen LogP contribution in [0.4, 0.5) is 0 Å². The SMILES string of the molecule is O=S(=O)(c1cccc(Cl)c1)n1ccc2c(OCCN3CCCC3)cccc21. The van der Waals surface area contributed by atoms with E-state index in [2.05, 4.69) is 4.90 Å². The number of halogens is 1. The molecular formula is C20H21ClN2O3S. The second-order valence-corrected chi connectivity index (χ2v) is 8.91. The molecule has 0 atom stereocenters. The predicted octanol–water partition coefficient (Wildman–Crippen LogP) is 4.01. The van der Waals surface area contributed by atoms with E-state index in [0.29, 0.717) is 22.9 Å². The number of fused-ring (bicyclic) bond motifs is 1. The quantitative estimate of drug-likeness (QED) is 0.623.